The number of hydrogen-bond acceptors (Lipinski definition) is 2. The first kappa shape index (κ1) is 14.8. The van der Waals surface area contributed by atoms with E-state index in [4.69, 9.17) is 5.11 Å². The molecule has 0 aromatic carbocycles. The van der Waals surface area contributed by atoms with Crippen LogP contribution in [-0.2, 0) is 4.79 Å². The summed E-state index contributed by atoms with van der Waals surface area (Å²) >= 11 is 0. The Kier molecular flexibility index (Phi) is 3.40. The van der Waals surface area contributed by atoms with Gasteiger partial charge in [-0.2, -0.15) is 0 Å². The van der Waals surface area contributed by atoms with Crippen LogP contribution < -0.4 is 10.6 Å². The van der Waals surface area contributed by atoms with Gasteiger partial charge in [-0.25, -0.2) is 4.79 Å². The SMILES string of the molecule is CC(C)(CC(=O)O)NC(=O)NC1C(C)(C)C1(C)C. The molecule has 0 aromatic heterocycles. The smallest absolute Gasteiger partial charge is 0.315 e. The Morgan fingerprint density at radius 2 is 1.61 bits per heavy atom. The Morgan fingerprint density at radius 1 is 1.17 bits per heavy atom. The summed E-state index contributed by atoms with van der Waals surface area (Å²) in [6.45, 7) is 11.8. The molecular formula is C13H24N2O3. The van der Waals surface area contributed by atoms with Crippen molar-refractivity contribution in [2.24, 2.45) is 10.8 Å². The summed E-state index contributed by atoms with van der Waals surface area (Å²) in [5.41, 5.74) is -0.609. The van der Waals surface area contributed by atoms with Crippen molar-refractivity contribution in [2.45, 2.75) is 59.5 Å². The van der Waals surface area contributed by atoms with Crippen molar-refractivity contribution in [1.82, 2.24) is 10.6 Å². The quantitative estimate of drug-likeness (QED) is 0.719. The van der Waals surface area contributed by atoms with E-state index in [1.165, 1.54) is 0 Å². The van der Waals surface area contributed by atoms with Crippen LogP contribution in [0.4, 0.5) is 4.79 Å². The molecule has 0 aromatic rings. The first-order valence-electron chi connectivity index (χ1n) is 6.20. The van der Waals surface area contributed by atoms with Crippen LogP contribution in [0, 0.1) is 10.8 Å². The molecule has 1 fully saturated rings. The molecule has 1 rings (SSSR count). The number of carboxylic acid groups (broad SMARTS) is 1. The van der Waals surface area contributed by atoms with Crippen LogP contribution in [0.1, 0.15) is 48.0 Å². The van der Waals surface area contributed by atoms with E-state index in [-0.39, 0.29) is 29.3 Å². The first-order chi connectivity index (χ1) is 7.90. The van der Waals surface area contributed by atoms with Crippen LogP contribution in [0.25, 0.3) is 0 Å². The summed E-state index contributed by atoms with van der Waals surface area (Å²) in [6, 6.07) is -0.185. The van der Waals surface area contributed by atoms with Gasteiger partial charge in [-0.05, 0) is 24.7 Å². The lowest BCUT2D eigenvalue weighted by molar-refractivity contribution is -0.138. The number of carbonyl (C=O) groups is 2. The minimum atomic E-state index is -0.924. The predicted molar refractivity (Wildman–Crippen MR) is 69.3 cm³/mol. The van der Waals surface area contributed by atoms with Gasteiger partial charge < -0.3 is 15.7 Å². The third-order valence-corrected chi connectivity index (χ3v) is 4.34. The molecule has 1 aliphatic rings. The minimum absolute atomic E-state index is 0.0707. The van der Waals surface area contributed by atoms with Gasteiger partial charge in [-0.3, -0.25) is 4.79 Å². The predicted octanol–water partition coefficient (Wildman–Crippen LogP) is 1.97. The lowest BCUT2D eigenvalue weighted by Gasteiger charge is -2.24. The zero-order chi connectivity index (χ0) is 14.4. The van der Waals surface area contributed by atoms with E-state index < -0.39 is 11.5 Å². The van der Waals surface area contributed by atoms with Gasteiger partial charge in [0, 0.05) is 11.6 Å². The van der Waals surface area contributed by atoms with Crippen LogP contribution in [0.2, 0.25) is 0 Å². The maximum atomic E-state index is 11.9. The van der Waals surface area contributed by atoms with Crippen LogP contribution in [0.15, 0.2) is 0 Å². The maximum absolute atomic E-state index is 11.9. The normalized spacial score (nSPS) is 21.2. The van der Waals surface area contributed by atoms with Crippen LogP contribution in [0.3, 0.4) is 0 Å². The molecule has 0 saturated heterocycles. The number of carbonyl (C=O) groups excluding carboxylic acids is 1. The molecule has 5 nitrogen and oxygen atoms in total. The molecule has 104 valence electrons. The van der Waals surface area contributed by atoms with Crippen LogP contribution in [-0.4, -0.2) is 28.7 Å². The van der Waals surface area contributed by atoms with Gasteiger partial charge in [0.05, 0.1) is 6.42 Å². The number of urea groups is 1. The molecule has 3 N–H and O–H groups in total. The van der Waals surface area contributed by atoms with Crippen LogP contribution in [0.5, 0.6) is 0 Å². The summed E-state index contributed by atoms with van der Waals surface area (Å²) in [4.78, 5) is 22.5. The minimum Gasteiger partial charge on any atom is -0.481 e. The number of aliphatic carboxylic acids is 1. The standard InChI is InChI=1S/C13H24N2O3/c1-11(2,7-8(16)17)15-10(18)14-9-12(3,4)13(9,5)6/h9H,7H2,1-6H3,(H,16,17)(H2,14,15,18). The topological polar surface area (TPSA) is 78.4 Å². The van der Waals surface area contributed by atoms with E-state index in [1.807, 2.05) is 0 Å². The highest BCUT2D eigenvalue weighted by Crippen LogP contribution is 2.62. The van der Waals surface area contributed by atoms with E-state index in [0.717, 1.165) is 0 Å². The second-order valence-electron chi connectivity index (χ2n) is 6.93. The van der Waals surface area contributed by atoms with Crippen molar-refractivity contribution in [1.29, 1.82) is 0 Å². The Balaban J connectivity index is 2.52. The fraction of sp³-hybridized carbons (Fsp3) is 0.846. The van der Waals surface area contributed by atoms with E-state index >= 15 is 0 Å². The summed E-state index contributed by atoms with van der Waals surface area (Å²) in [7, 11) is 0. The van der Waals surface area contributed by atoms with Gasteiger partial charge in [0.2, 0.25) is 0 Å². The molecule has 0 bridgehead atoms. The van der Waals surface area contributed by atoms with Gasteiger partial charge >= 0.3 is 12.0 Å². The van der Waals surface area contributed by atoms with Crippen molar-refractivity contribution in [3.8, 4) is 0 Å². The molecule has 2 amide bonds. The van der Waals surface area contributed by atoms with E-state index in [0.29, 0.717) is 0 Å². The van der Waals surface area contributed by atoms with Gasteiger partial charge in [-0.1, -0.05) is 27.7 Å². The number of nitrogens with one attached hydrogen (secondary N) is 2. The summed E-state index contributed by atoms with van der Waals surface area (Å²) in [5.74, 6) is -0.924. The highest BCUT2D eigenvalue weighted by molar-refractivity contribution is 5.77. The molecular weight excluding hydrogens is 232 g/mol. The largest absolute Gasteiger partial charge is 0.481 e. The molecule has 0 aliphatic heterocycles. The molecule has 0 unspecified atom stereocenters. The molecule has 1 aliphatic carbocycles. The lowest BCUT2D eigenvalue weighted by atomic mass is 10.0. The molecule has 18 heavy (non-hydrogen) atoms. The Hall–Kier alpha value is -1.26. The highest BCUT2D eigenvalue weighted by atomic mass is 16.4. The van der Waals surface area contributed by atoms with E-state index in [2.05, 4.69) is 38.3 Å². The van der Waals surface area contributed by atoms with E-state index in [1.54, 1.807) is 13.8 Å². The zero-order valence-electron chi connectivity index (χ0n) is 12.0. The maximum Gasteiger partial charge on any atom is 0.315 e. The molecule has 0 atom stereocenters. The first-order valence-corrected chi connectivity index (χ1v) is 6.20. The number of amides is 2. The van der Waals surface area contributed by atoms with Crippen molar-refractivity contribution in [3.63, 3.8) is 0 Å². The second kappa shape index (κ2) is 4.14. The Morgan fingerprint density at radius 3 is 1.94 bits per heavy atom. The second-order valence-corrected chi connectivity index (χ2v) is 6.93. The van der Waals surface area contributed by atoms with Gasteiger partial charge in [0.1, 0.15) is 0 Å². The zero-order valence-corrected chi connectivity index (χ0v) is 12.0. The van der Waals surface area contributed by atoms with Crippen molar-refractivity contribution < 1.29 is 14.7 Å². The molecule has 1 saturated carbocycles. The summed E-state index contributed by atoms with van der Waals surface area (Å²) < 4.78 is 0. The molecule has 0 heterocycles. The Labute approximate surface area is 108 Å². The monoisotopic (exact) mass is 256 g/mol. The van der Waals surface area contributed by atoms with Crippen molar-refractivity contribution in [3.05, 3.63) is 0 Å². The summed E-state index contributed by atoms with van der Waals surface area (Å²) in [6.07, 6.45) is -0.0993. The fourth-order valence-electron chi connectivity index (χ4n) is 2.45. The molecule has 0 radical (unpaired) electrons. The Bertz CT molecular complexity index is 358. The third kappa shape index (κ3) is 2.76. The summed E-state index contributed by atoms with van der Waals surface area (Å²) in [5, 5.41) is 14.4. The van der Waals surface area contributed by atoms with Crippen molar-refractivity contribution >= 4 is 12.0 Å². The third-order valence-electron chi connectivity index (χ3n) is 4.34. The average molecular weight is 256 g/mol. The average Bonchev–Trinajstić information content (AvgIpc) is 2.44. The highest BCUT2D eigenvalue weighted by Gasteiger charge is 2.65. The lowest BCUT2D eigenvalue weighted by Crippen LogP contribution is -2.50. The number of rotatable bonds is 4. The van der Waals surface area contributed by atoms with Crippen LogP contribution >= 0.6 is 0 Å². The van der Waals surface area contributed by atoms with E-state index in [9.17, 15) is 9.59 Å². The number of hydrogen-bond donors (Lipinski definition) is 3. The van der Waals surface area contributed by atoms with Gasteiger partial charge in [0.25, 0.3) is 0 Å². The van der Waals surface area contributed by atoms with Crippen molar-refractivity contribution in [2.75, 3.05) is 0 Å². The van der Waals surface area contributed by atoms with Gasteiger partial charge in [0.15, 0.2) is 0 Å². The van der Waals surface area contributed by atoms with Gasteiger partial charge in [-0.15, -0.1) is 0 Å². The molecule has 0 spiro atoms. The fourth-order valence-corrected chi connectivity index (χ4v) is 2.45. The molecule has 5 heteroatoms. The number of carboxylic acids is 1.